The Kier molecular flexibility index (Phi) is 7.62. The quantitative estimate of drug-likeness (QED) is 0.646. The minimum absolute atomic E-state index is 0.0944. The monoisotopic (exact) mass is 329 g/mol. The highest BCUT2D eigenvalue weighted by Crippen LogP contribution is 2.24. The zero-order valence-corrected chi connectivity index (χ0v) is 13.8. The number of hydrogen-bond acceptors (Lipinski definition) is 1. The second kappa shape index (κ2) is 8.70. The van der Waals surface area contributed by atoms with Crippen molar-refractivity contribution >= 4 is 15.9 Å². The standard InChI is InChI=1S/C16H25BrFN/c1-4-8-13(19(6-3)11-5-2)12-14-15(17)9-7-10-16(14)18/h7,9-10,13H,4-6,8,11-12H2,1-3H3. The van der Waals surface area contributed by atoms with Gasteiger partial charge in [-0.15, -0.1) is 0 Å². The van der Waals surface area contributed by atoms with Gasteiger partial charge in [0.1, 0.15) is 5.82 Å². The van der Waals surface area contributed by atoms with Gasteiger partial charge >= 0.3 is 0 Å². The van der Waals surface area contributed by atoms with E-state index >= 15 is 0 Å². The molecule has 0 amide bonds. The van der Waals surface area contributed by atoms with Gasteiger partial charge in [-0.05, 0) is 44.5 Å². The third-order valence-corrected chi connectivity index (χ3v) is 4.30. The highest BCUT2D eigenvalue weighted by Gasteiger charge is 2.19. The Balaban J connectivity index is 2.88. The Morgan fingerprint density at radius 3 is 2.47 bits per heavy atom. The van der Waals surface area contributed by atoms with Crippen molar-refractivity contribution in [3.05, 3.63) is 34.1 Å². The molecule has 0 heterocycles. The smallest absolute Gasteiger partial charge is 0.127 e. The molecule has 0 spiro atoms. The molecule has 0 aliphatic heterocycles. The summed E-state index contributed by atoms with van der Waals surface area (Å²) < 4.78 is 14.8. The Morgan fingerprint density at radius 2 is 1.95 bits per heavy atom. The fraction of sp³-hybridized carbons (Fsp3) is 0.625. The average Bonchev–Trinajstić information content (AvgIpc) is 2.39. The maximum atomic E-state index is 14.0. The summed E-state index contributed by atoms with van der Waals surface area (Å²) in [5.74, 6) is -0.0944. The molecule has 0 saturated heterocycles. The van der Waals surface area contributed by atoms with Crippen molar-refractivity contribution in [3.63, 3.8) is 0 Å². The minimum Gasteiger partial charge on any atom is -0.300 e. The highest BCUT2D eigenvalue weighted by atomic mass is 79.9. The minimum atomic E-state index is -0.0944. The zero-order chi connectivity index (χ0) is 14.3. The van der Waals surface area contributed by atoms with Crippen LogP contribution in [0.2, 0.25) is 0 Å². The van der Waals surface area contributed by atoms with Crippen LogP contribution in [0.25, 0.3) is 0 Å². The van der Waals surface area contributed by atoms with Crippen LogP contribution >= 0.6 is 15.9 Å². The summed E-state index contributed by atoms with van der Waals surface area (Å²) in [5.41, 5.74) is 0.815. The molecule has 0 bridgehead atoms. The van der Waals surface area contributed by atoms with E-state index < -0.39 is 0 Å². The van der Waals surface area contributed by atoms with Gasteiger partial charge in [-0.25, -0.2) is 4.39 Å². The van der Waals surface area contributed by atoms with Crippen molar-refractivity contribution < 1.29 is 4.39 Å². The molecule has 1 aromatic carbocycles. The summed E-state index contributed by atoms with van der Waals surface area (Å²) in [6.07, 6.45) is 4.19. The third kappa shape index (κ3) is 4.88. The van der Waals surface area contributed by atoms with Gasteiger partial charge in [-0.3, -0.25) is 0 Å². The fourth-order valence-corrected chi connectivity index (χ4v) is 3.10. The summed E-state index contributed by atoms with van der Waals surface area (Å²) in [6.45, 7) is 8.71. The van der Waals surface area contributed by atoms with E-state index in [2.05, 4.69) is 41.6 Å². The summed E-state index contributed by atoms with van der Waals surface area (Å²) in [6, 6.07) is 5.67. The van der Waals surface area contributed by atoms with Crippen LogP contribution in [0.15, 0.2) is 22.7 Å². The Morgan fingerprint density at radius 1 is 1.21 bits per heavy atom. The van der Waals surface area contributed by atoms with Crippen LogP contribution in [-0.4, -0.2) is 24.0 Å². The van der Waals surface area contributed by atoms with E-state index in [9.17, 15) is 4.39 Å². The van der Waals surface area contributed by atoms with E-state index in [1.807, 2.05) is 6.07 Å². The van der Waals surface area contributed by atoms with Crippen LogP contribution in [-0.2, 0) is 6.42 Å². The van der Waals surface area contributed by atoms with E-state index in [4.69, 9.17) is 0 Å². The van der Waals surface area contributed by atoms with Crippen molar-refractivity contribution in [2.75, 3.05) is 13.1 Å². The lowest BCUT2D eigenvalue weighted by Gasteiger charge is -2.31. The largest absolute Gasteiger partial charge is 0.300 e. The molecule has 1 unspecified atom stereocenters. The van der Waals surface area contributed by atoms with Gasteiger partial charge in [0.05, 0.1) is 0 Å². The first kappa shape index (κ1) is 16.6. The second-order valence-electron chi connectivity index (χ2n) is 4.98. The van der Waals surface area contributed by atoms with E-state index in [-0.39, 0.29) is 5.82 Å². The van der Waals surface area contributed by atoms with Gasteiger partial charge in [-0.1, -0.05) is 49.2 Å². The molecule has 1 rings (SSSR count). The van der Waals surface area contributed by atoms with Crippen LogP contribution in [0.1, 0.15) is 45.6 Å². The zero-order valence-electron chi connectivity index (χ0n) is 12.3. The maximum absolute atomic E-state index is 14.0. The Labute approximate surface area is 125 Å². The van der Waals surface area contributed by atoms with Gasteiger partial charge < -0.3 is 4.90 Å². The van der Waals surface area contributed by atoms with E-state index in [1.54, 1.807) is 12.1 Å². The van der Waals surface area contributed by atoms with Crippen molar-refractivity contribution in [1.29, 1.82) is 0 Å². The fourth-order valence-electron chi connectivity index (χ4n) is 2.60. The molecule has 0 aromatic heterocycles. The number of halogens is 2. The van der Waals surface area contributed by atoms with Crippen LogP contribution in [0.3, 0.4) is 0 Å². The van der Waals surface area contributed by atoms with Crippen LogP contribution in [0.4, 0.5) is 4.39 Å². The molecule has 0 fully saturated rings. The second-order valence-corrected chi connectivity index (χ2v) is 5.83. The predicted molar refractivity (Wildman–Crippen MR) is 84.0 cm³/mol. The van der Waals surface area contributed by atoms with Gasteiger partial charge in [0.25, 0.3) is 0 Å². The molecule has 0 aliphatic carbocycles. The number of benzene rings is 1. The lowest BCUT2D eigenvalue weighted by molar-refractivity contribution is 0.192. The summed E-state index contributed by atoms with van der Waals surface area (Å²) in [4.78, 5) is 2.47. The molecule has 3 heteroatoms. The molecule has 108 valence electrons. The van der Waals surface area contributed by atoms with Crippen LogP contribution in [0, 0.1) is 5.82 Å². The molecular weight excluding hydrogens is 305 g/mol. The maximum Gasteiger partial charge on any atom is 0.127 e. The molecule has 0 radical (unpaired) electrons. The van der Waals surface area contributed by atoms with E-state index in [1.165, 1.54) is 0 Å². The first-order chi connectivity index (χ1) is 9.13. The van der Waals surface area contributed by atoms with Gasteiger partial charge in [0.2, 0.25) is 0 Å². The van der Waals surface area contributed by atoms with Crippen molar-refractivity contribution in [1.82, 2.24) is 4.90 Å². The van der Waals surface area contributed by atoms with Gasteiger partial charge in [0.15, 0.2) is 0 Å². The van der Waals surface area contributed by atoms with Crippen molar-refractivity contribution in [2.24, 2.45) is 0 Å². The molecule has 19 heavy (non-hydrogen) atoms. The Bertz CT molecular complexity index is 361. The molecule has 0 aliphatic rings. The number of nitrogens with zero attached hydrogens (tertiary/aromatic N) is 1. The topological polar surface area (TPSA) is 3.24 Å². The first-order valence-electron chi connectivity index (χ1n) is 7.30. The molecule has 1 nitrogen and oxygen atoms in total. The van der Waals surface area contributed by atoms with E-state index in [0.717, 1.165) is 48.8 Å². The normalized spacial score (nSPS) is 12.9. The lowest BCUT2D eigenvalue weighted by Crippen LogP contribution is -2.37. The number of rotatable bonds is 8. The third-order valence-electron chi connectivity index (χ3n) is 3.56. The predicted octanol–water partition coefficient (Wildman–Crippen LogP) is 5.03. The molecule has 0 N–H and O–H groups in total. The Hall–Kier alpha value is -0.410. The SMILES string of the molecule is CCCC(Cc1c(F)cccc1Br)N(CC)CCC. The average molecular weight is 330 g/mol. The van der Waals surface area contributed by atoms with Crippen molar-refractivity contribution in [2.45, 2.75) is 52.5 Å². The highest BCUT2D eigenvalue weighted by molar-refractivity contribution is 9.10. The lowest BCUT2D eigenvalue weighted by atomic mass is 10.00. The summed E-state index contributed by atoms with van der Waals surface area (Å²) in [7, 11) is 0. The van der Waals surface area contributed by atoms with E-state index in [0.29, 0.717) is 6.04 Å². The number of likely N-dealkylation sites (N-methyl/N-ethyl adjacent to an activating group) is 1. The molecular formula is C16H25BrFN. The first-order valence-corrected chi connectivity index (χ1v) is 8.10. The van der Waals surface area contributed by atoms with Gasteiger partial charge in [-0.2, -0.15) is 0 Å². The number of hydrogen-bond donors (Lipinski definition) is 0. The molecule has 1 aromatic rings. The summed E-state index contributed by atoms with van der Waals surface area (Å²) >= 11 is 3.48. The van der Waals surface area contributed by atoms with Crippen LogP contribution < -0.4 is 0 Å². The van der Waals surface area contributed by atoms with Gasteiger partial charge in [0, 0.05) is 16.1 Å². The molecule has 0 saturated carbocycles. The van der Waals surface area contributed by atoms with Crippen molar-refractivity contribution in [3.8, 4) is 0 Å². The van der Waals surface area contributed by atoms with Crippen LogP contribution in [0.5, 0.6) is 0 Å². The molecule has 1 atom stereocenters. The summed E-state index contributed by atoms with van der Waals surface area (Å²) in [5, 5.41) is 0.